The maximum atomic E-state index is 12.1. The van der Waals surface area contributed by atoms with Crippen molar-refractivity contribution in [3.63, 3.8) is 0 Å². The second-order valence-corrected chi connectivity index (χ2v) is 5.11. The van der Waals surface area contributed by atoms with Crippen LogP contribution >= 0.6 is 15.9 Å². The number of hydrogen-bond acceptors (Lipinski definition) is 3. The Morgan fingerprint density at radius 2 is 2.21 bits per heavy atom. The number of aliphatic carboxylic acids is 1. The summed E-state index contributed by atoms with van der Waals surface area (Å²) in [4.78, 5) is 24.9. The van der Waals surface area contributed by atoms with E-state index in [4.69, 9.17) is 10.4 Å². The van der Waals surface area contributed by atoms with Crippen LogP contribution in [0.2, 0.25) is 0 Å². The second kappa shape index (κ2) is 5.24. The third-order valence-electron chi connectivity index (χ3n) is 2.71. The fourth-order valence-electron chi connectivity index (χ4n) is 1.81. The van der Waals surface area contributed by atoms with E-state index in [-0.39, 0.29) is 12.2 Å². The molecule has 0 fully saturated rings. The smallest absolute Gasteiger partial charge is 0.304 e. The molecule has 0 saturated carbocycles. The normalized spacial score (nSPS) is 12.0. The van der Waals surface area contributed by atoms with Gasteiger partial charge in [-0.3, -0.25) is 9.59 Å². The summed E-state index contributed by atoms with van der Waals surface area (Å²) in [6.45, 7) is 0. The fourth-order valence-corrected chi connectivity index (χ4v) is 2.34. The number of benzene rings is 1. The summed E-state index contributed by atoms with van der Waals surface area (Å²) in [6.07, 6.45) is 1.26. The number of hydrogen-bond donors (Lipinski definition) is 2. The number of carbonyl (C=O) groups is 2. The molecule has 1 unspecified atom stereocenters. The van der Waals surface area contributed by atoms with E-state index in [2.05, 4.69) is 20.9 Å². The Morgan fingerprint density at radius 3 is 2.84 bits per heavy atom. The van der Waals surface area contributed by atoms with Gasteiger partial charge in [0.2, 0.25) is 0 Å². The molecule has 1 aromatic carbocycles. The maximum Gasteiger partial charge on any atom is 0.304 e. The molecule has 2 aromatic rings. The highest BCUT2D eigenvalue weighted by atomic mass is 79.9. The molecule has 6 heteroatoms. The zero-order valence-electron chi connectivity index (χ0n) is 9.68. The summed E-state index contributed by atoms with van der Waals surface area (Å²) in [5, 5.41) is 18.2. The number of fused-ring (bicyclic) bond motifs is 1. The molecule has 2 rings (SSSR count). The van der Waals surface area contributed by atoms with Crippen molar-refractivity contribution in [3.8, 4) is 6.07 Å². The highest BCUT2D eigenvalue weighted by Gasteiger charge is 2.22. The molecule has 0 aliphatic heterocycles. The van der Waals surface area contributed by atoms with Gasteiger partial charge in [0, 0.05) is 22.7 Å². The summed E-state index contributed by atoms with van der Waals surface area (Å²) < 4.78 is 0. The van der Waals surface area contributed by atoms with E-state index in [0.29, 0.717) is 22.0 Å². The van der Waals surface area contributed by atoms with Crippen LogP contribution in [0.1, 0.15) is 22.3 Å². The van der Waals surface area contributed by atoms with Crippen molar-refractivity contribution < 1.29 is 14.7 Å². The zero-order chi connectivity index (χ0) is 14.0. The summed E-state index contributed by atoms with van der Waals surface area (Å²) in [6, 6.07) is 6.96. The number of carboxylic acids is 1. The Bertz CT molecular complexity index is 699. The average Bonchev–Trinajstić information content (AvgIpc) is 2.79. The van der Waals surface area contributed by atoms with Gasteiger partial charge in [0.25, 0.3) is 0 Å². The first kappa shape index (κ1) is 13.3. The lowest BCUT2D eigenvalue weighted by Gasteiger charge is -2.04. The SMILES string of the molecule is N#Cc1ccc2c(C(=O)C(Br)CC(=O)O)c[nH]c2c1. The Morgan fingerprint density at radius 1 is 1.47 bits per heavy atom. The molecule has 2 N–H and O–H groups in total. The Labute approximate surface area is 117 Å². The summed E-state index contributed by atoms with van der Waals surface area (Å²) in [7, 11) is 0. The Kier molecular flexibility index (Phi) is 3.67. The largest absolute Gasteiger partial charge is 0.481 e. The van der Waals surface area contributed by atoms with Gasteiger partial charge in [-0.05, 0) is 12.1 Å². The lowest BCUT2D eigenvalue weighted by Crippen LogP contribution is -2.17. The molecule has 0 bridgehead atoms. The molecule has 0 spiro atoms. The quantitative estimate of drug-likeness (QED) is 0.668. The second-order valence-electron chi connectivity index (χ2n) is 4.00. The number of halogens is 1. The average molecular weight is 321 g/mol. The maximum absolute atomic E-state index is 12.1. The Hall–Kier alpha value is -2.13. The van der Waals surface area contributed by atoms with E-state index in [1.165, 1.54) is 6.20 Å². The van der Waals surface area contributed by atoms with Gasteiger partial charge in [0.1, 0.15) is 0 Å². The van der Waals surface area contributed by atoms with Crippen LogP contribution in [0.15, 0.2) is 24.4 Å². The van der Waals surface area contributed by atoms with Crippen LogP contribution in [0.4, 0.5) is 0 Å². The minimum Gasteiger partial charge on any atom is -0.481 e. The van der Waals surface area contributed by atoms with Crippen LogP contribution in [-0.2, 0) is 4.79 Å². The van der Waals surface area contributed by atoms with Gasteiger partial charge in [0.05, 0.1) is 22.9 Å². The number of H-pyrrole nitrogens is 1. The summed E-state index contributed by atoms with van der Waals surface area (Å²) in [5.74, 6) is -1.33. The van der Waals surface area contributed by atoms with Crippen molar-refractivity contribution in [2.24, 2.45) is 0 Å². The first-order chi connectivity index (χ1) is 9.02. The number of alkyl halides is 1. The third kappa shape index (κ3) is 2.66. The monoisotopic (exact) mass is 320 g/mol. The number of nitriles is 1. The number of nitrogens with one attached hydrogen (secondary N) is 1. The number of aromatic amines is 1. The van der Waals surface area contributed by atoms with Crippen molar-refractivity contribution in [2.75, 3.05) is 0 Å². The first-order valence-corrected chi connectivity index (χ1v) is 6.36. The van der Waals surface area contributed by atoms with Gasteiger partial charge < -0.3 is 10.1 Å². The van der Waals surface area contributed by atoms with Crippen LogP contribution in [0.3, 0.4) is 0 Å². The number of rotatable bonds is 4. The minimum absolute atomic E-state index is 0.276. The fraction of sp³-hybridized carbons (Fsp3) is 0.154. The van der Waals surface area contributed by atoms with Crippen LogP contribution < -0.4 is 0 Å². The predicted molar refractivity (Wildman–Crippen MR) is 72.3 cm³/mol. The van der Waals surface area contributed by atoms with Gasteiger partial charge in [-0.15, -0.1) is 0 Å². The summed E-state index contributed by atoms with van der Waals surface area (Å²) in [5.41, 5.74) is 1.59. The molecule has 96 valence electrons. The minimum atomic E-state index is -1.04. The van der Waals surface area contributed by atoms with Crippen LogP contribution in [-0.4, -0.2) is 26.7 Å². The highest BCUT2D eigenvalue weighted by Crippen LogP contribution is 2.23. The van der Waals surface area contributed by atoms with Crippen molar-refractivity contribution >= 4 is 38.6 Å². The Balaban J connectivity index is 2.38. The lowest BCUT2D eigenvalue weighted by atomic mass is 10.0. The van der Waals surface area contributed by atoms with Crippen LogP contribution in [0.25, 0.3) is 10.9 Å². The number of nitrogens with zero attached hydrogens (tertiary/aromatic N) is 1. The van der Waals surface area contributed by atoms with Gasteiger partial charge in [0.15, 0.2) is 5.78 Å². The molecular weight excluding hydrogens is 312 g/mol. The number of aromatic nitrogens is 1. The summed E-state index contributed by atoms with van der Waals surface area (Å²) >= 11 is 3.08. The number of ketones is 1. The predicted octanol–water partition coefficient (Wildman–Crippen LogP) is 2.46. The molecular formula is C13H9BrN2O3. The van der Waals surface area contributed by atoms with Crippen molar-refractivity contribution in [1.82, 2.24) is 4.98 Å². The molecule has 0 saturated heterocycles. The third-order valence-corrected chi connectivity index (χ3v) is 3.45. The van der Waals surface area contributed by atoms with Crippen molar-refractivity contribution in [2.45, 2.75) is 11.2 Å². The molecule has 0 radical (unpaired) electrons. The van der Waals surface area contributed by atoms with Gasteiger partial charge in [-0.1, -0.05) is 22.0 Å². The molecule has 5 nitrogen and oxygen atoms in total. The van der Waals surface area contributed by atoms with Gasteiger partial charge in [-0.25, -0.2) is 0 Å². The zero-order valence-corrected chi connectivity index (χ0v) is 11.3. The molecule has 0 aliphatic carbocycles. The van der Waals surface area contributed by atoms with E-state index in [9.17, 15) is 9.59 Å². The number of Topliss-reactive ketones (excluding diaryl/α,β-unsaturated/α-hetero) is 1. The molecule has 1 aromatic heterocycles. The molecule has 19 heavy (non-hydrogen) atoms. The molecule has 1 heterocycles. The van der Waals surface area contributed by atoms with Gasteiger partial charge in [-0.2, -0.15) is 5.26 Å². The van der Waals surface area contributed by atoms with E-state index in [1.807, 2.05) is 6.07 Å². The number of carboxylic acid groups (broad SMARTS) is 1. The van der Waals surface area contributed by atoms with Crippen molar-refractivity contribution in [3.05, 3.63) is 35.5 Å². The molecule has 0 amide bonds. The van der Waals surface area contributed by atoms with E-state index in [0.717, 1.165) is 0 Å². The van der Waals surface area contributed by atoms with Crippen LogP contribution in [0, 0.1) is 11.3 Å². The molecule has 1 atom stereocenters. The lowest BCUT2D eigenvalue weighted by molar-refractivity contribution is -0.136. The van der Waals surface area contributed by atoms with E-state index >= 15 is 0 Å². The number of carbonyl (C=O) groups excluding carboxylic acids is 1. The highest BCUT2D eigenvalue weighted by molar-refractivity contribution is 9.10. The van der Waals surface area contributed by atoms with E-state index in [1.54, 1.807) is 18.2 Å². The van der Waals surface area contributed by atoms with Gasteiger partial charge >= 0.3 is 5.97 Å². The van der Waals surface area contributed by atoms with Crippen LogP contribution in [0.5, 0.6) is 0 Å². The van der Waals surface area contributed by atoms with E-state index < -0.39 is 10.8 Å². The first-order valence-electron chi connectivity index (χ1n) is 5.44. The molecule has 0 aliphatic rings. The standard InChI is InChI=1S/C13H9BrN2O3/c14-10(4-12(17)18)13(19)9-6-16-11-3-7(5-15)1-2-8(9)11/h1-3,6,10,16H,4H2,(H,17,18). The van der Waals surface area contributed by atoms with Crippen molar-refractivity contribution in [1.29, 1.82) is 5.26 Å². The topological polar surface area (TPSA) is 93.9 Å².